The van der Waals surface area contributed by atoms with Crippen molar-refractivity contribution in [1.82, 2.24) is 4.90 Å². The van der Waals surface area contributed by atoms with Gasteiger partial charge in [0.25, 0.3) is 0 Å². The number of rotatable bonds is 6. The first-order chi connectivity index (χ1) is 5.16. The van der Waals surface area contributed by atoms with Crippen molar-refractivity contribution in [2.45, 2.75) is 0 Å². The van der Waals surface area contributed by atoms with E-state index in [0.29, 0.717) is 6.54 Å². The second kappa shape index (κ2) is 6.70. The van der Waals surface area contributed by atoms with Gasteiger partial charge < -0.3 is 10.6 Å². The van der Waals surface area contributed by atoms with Crippen LogP contribution in [0.2, 0.25) is 0 Å². The first-order valence-corrected chi connectivity index (χ1v) is 4.91. The Morgan fingerprint density at radius 2 is 2.18 bits per heavy atom. The Balaban J connectivity index is 3.08. The molecule has 0 aromatic carbocycles. The summed E-state index contributed by atoms with van der Waals surface area (Å²) in [6.45, 7) is 5.58. The predicted octanol–water partition coefficient (Wildman–Crippen LogP) is 0.796. The van der Waals surface area contributed by atoms with Gasteiger partial charge in [-0.25, -0.2) is 0 Å². The van der Waals surface area contributed by atoms with E-state index < -0.39 is 0 Å². The molecule has 0 aliphatic heterocycles. The molecule has 0 aliphatic rings. The molecule has 3 heteroatoms. The third-order valence-corrected chi connectivity index (χ3v) is 2.36. The Hall–Kier alpha value is 0.01000. The summed E-state index contributed by atoms with van der Waals surface area (Å²) >= 11 is 1.89. The fourth-order valence-corrected chi connectivity index (χ4v) is 1.57. The maximum Gasteiger partial charge on any atom is 0.0153 e. The molecule has 0 fully saturated rings. The van der Waals surface area contributed by atoms with Gasteiger partial charge in [-0.05, 0) is 14.1 Å². The third kappa shape index (κ3) is 7.91. The summed E-state index contributed by atoms with van der Waals surface area (Å²) in [5.41, 5.74) is 6.52. The molecule has 0 radical (unpaired) electrons. The first kappa shape index (κ1) is 11.0. The van der Waals surface area contributed by atoms with Crippen molar-refractivity contribution in [2.24, 2.45) is 5.73 Å². The minimum Gasteiger partial charge on any atom is -0.327 e. The van der Waals surface area contributed by atoms with Gasteiger partial charge in [0.1, 0.15) is 0 Å². The van der Waals surface area contributed by atoms with E-state index in [0.717, 1.165) is 23.6 Å². The third-order valence-electron chi connectivity index (χ3n) is 1.28. The lowest BCUT2D eigenvalue weighted by molar-refractivity contribution is 0.437. The Bertz CT molecular complexity index is 113. The van der Waals surface area contributed by atoms with E-state index in [1.807, 2.05) is 11.8 Å². The molecule has 0 aromatic heterocycles. The van der Waals surface area contributed by atoms with E-state index in [1.54, 1.807) is 0 Å². The molecule has 11 heavy (non-hydrogen) atoms. The first-order valence-electron chi connectivity index (χ1n) is 3.76. The molecule has 0 amide bonds. The molecule has 66 valence electrons. The van der Waals surface area contributed by atoms with Gasteiger partial charge in [-0.3, -0.25) is 0 Å². The van der Waals surface area contributed by atoms with Gasteiger partial charge >= 0.3 is 0 Å². The minimum absolute atomic E-state index is 0.620. The molecule has 2 nitrogen and oxygen atoms in total. The number of thioether (sulfide) groups is 1. The Morgan fingerprint density at radius 1 is 1.55 bits per heavy atom. The highest BCUT2D eigenvalue weighted by atomic mass is 32.2. The van der Waals surface area contributed by atoms with Gasteiger partial charge in [0, 0.05) is 24.6 Å². The van der Waals surface area contributed by atoms with Crippen molar-refractivity contribution in [3.63, 3.8) is 0 Å². The number of hydrogen-bond donors (Lipinski definition) is 1. The van der Waals surface area contributed by atoms with Crippen LogP contribution in [0.25, 0.3) is 0 Å². The summed E-state index contributed by atoms with van der Waals surface area (Å²) in [6.07, 6.45) is 0. The van der Waals surface area contributed by atoms with Gasteiger partial charge in [-0.1, -0.05) is 12.2 Å². The summed E-state index contributed by atoms with van der Waals surface area (Å²) in [6, 6.07) is 0. The molecule has 0 saturated carbocycles. The largest absolute Gasteiger partial charge is 0.327 e. The van der Waals surface area contributed by atoms with Gasteiger partial charge in [0.15, 0.2) is 0 Å². The van der Waals surface area contributed by atoms with Crippen LogP contribution in [0, 0.1) is 0 Å². The lowest BCUT2D eigenvalue weighted by Crippen LogP contribution is -2.15. The fraction of sp³-hybridized carbons (Fsp3) is 0.750. The van der Waals surface area contributed by atoms with E-state index in [2.05, 4.69) is 25.6 Å². The number of nitrogens with two attached hydrogens (primary N) is 1. The van der Waals surface area contributed by atoms with Gasteiger partial charge in [0.2, 0.25) is 0 Å². The number of nitrogens with zero attached hydrogens (tertiary/aromatic N) is 1. The summed E-state index contributed by atoms with van der Waals surface area (Å²) in [4.78, 5) is 2.18. The van der Waals surface area contributed by atoms with Crippen LogP contribution in [0.1, 0.15) is 0 Å². The lowest BCUT2D eigenvalue weighted by atomic mass is 10.4. The molecule has 0 aliphatic carbocycles. The molecule has 0 aromatic rings. The quantitative estimate of drug-likeness (QED) is 0.477. The second-order valence-electron chi connectivity index (χ2n) is 2.81. The fourth-order valence-electron chi connectivity index (χ4n) is 0.523. The molecule has 2 N–H and O–H groups in total. The van der Waals surface area contributed by atoms with Crippen LogP contribution in [0.15, 0.2) is 12.2 Å². The Labute approximate surface area is 73.8 Å². The van der Waals surface area contributed by atoms with E-state index in [9.17, 15) is 0 Å². The maximum absolute atomic E-state index is 5.39. The molecular formula is C8H18N2S. The summed E-state index contributed by atoms with van der Waals surface area (Å²) < 4.78 is 0. The van der Waals surface area contributed by atoms with Gasteiger partial charge in [-0.2, -0.15) is 11.8 Å². The van der Waals surface area contributed by atoms with E-state index in [1.165, 1.54) is 0 Å². The Kier molecular flexibility index (Phi) is 6.71. The van der Waals surface area contributed by atoms with Crippen LogP contribution in [0.3, 0.4) is 0 Å². The maximum atomic E-state index is 5.39. The van der Waals surface area contributed by atoms with Gasteiger partial charge in [-0.15, -0.1) is 0 Å². The van der Waals surface area contributed by atoms with Crippen LogP contribution < -0.4 is 5.73 Å². The zero-order valence-corrected chi connectivity index (χ0v) is 8.28. The highest BCUT2D eigenvalue weighted by Gasteiger charge is 1.93. The molecule has 0 heterocycles. The van der Waals surface area contributed by atoms with Crippen molar-refractivity contribution in [3.8, 4) is 0 Å². The SMILES string of the molecule is C=C(CN)CSCCN(C)C. The van der Waals surface area contributed by atoms with Crippen molar-refractivity contribution >= 4 is 11.8 Å². The zero-order chi connectivity index (χ0) is 8.69. The molecular weight excluding hydrogens is 156 g/mol. The van der Waals surface area contributed by atoms with E-state index in [-0.39, 0.29) is 0 Å². The Morgan fingerprint density at radius 3 is 2.64 bits per heavy atom. The average Bonchev–Trinajstić information content (AvgIpc) is 1.97. The van der Waals surface area contributed by atoms with Gasteiger partial charge in [0.05, 0.1) is 0 Å². The van der Waals surface area contributed by atoms with E-state index >= 15 is 0 Å². The summed E-state index contributed by atoms with van der Waals surface area (Å²) in [5.74, 6) is 2.16. The molecule has 0 spiro atoms. The van der Waals surface area contributed by atoms with Crippen LogP contribution >= 0.6 is 11.8 Å². The highest BCUT2D eigenvalue weighted by molar-refractivity contribution is 7.99. The molecule has 0 unspecified atom stereocenters. The molecule has 0 saturated heterocycles. The zero-order valence-electron chi connectivity index (χ0n) is 7.47. The van der Waals surface area contributed by atoms with Crippen LogP contribution in [0.5, 0.6) is 0 Å². The summed E-state index contributed by atoms with van der Waals surface area (Å²) in [7, 11) is 4.16. The normalized spacial score (nSPS) is 10.5. The standard InChI is InChI=1S/C8H18N2S/c1-8(6-9)7-11-5-4-10(2)3/h1,4-7,9H2,2-3H3. The average molecular weight is 174 g/mol. The second-order valence-corrected chi connectivity index (χ2v) is 3.92. The summed E-state index contributed by atoms with van der Waals surface area (Å²) in [5, 5.41) is 0. The lowest BCUT2D eigenvalue weighted by Gasteiger charge is -2.08. The van der Waals surface area contributed by atoms with Crippen molar-refractivity contribution in [2.75, 3.05) is 38.7 Å². The predicted molar refractivity (Wildman–Crippen MR) is 54.1 cm³/mol. The molecule has 0 atom stereocenters. The number of hydrogen-bond acceptors (Lipinski definition) is 3. The monoisotopic (exact) mass is 174 g/mol. The van der Waals surface area contributed by atoms with Crippen LogP contribution in [-0.2, 0) is 0 Å². The van der Waals surface area contributed by atoms with Crippen LogP contribution in [0.4, 0.5) is 0 Å². The molecule has 0 rings (SSSR count). The smallest absolute Gasteiger partial charge is 0.0153 e. The molecule has 0 bridgehead atoms. The minimum atomic E-state index is 0.620. The van der Waals surface area contributed by atoms with Crippen molar-refractivity contribution in [3.05, 3.63) is 12.2 Å². The van der Waals surface area contributed by atoms with Crippen molar-refractivity contribution < 1.29 is 0 Å². The van der Waals surface area contributed by atoms with Crippen molar-refractivity contribution in [1.29, 1.82) is 0 Å². The van der Waals surface area contributed by atoms with E-state index in [4.69, 9.17) is 5.73 Å². The highest BCUT2D eigenvalue weighted by Crippen LogP contribution is 2.04. The van der Waals surface area contributed by atoms with Crippen LogP contribution in [-0.4, -0.2) is 43.6 Å². The topological polar surface area (TPSA) is 29.3 Å².